The minimum Gasteiger partial charge on any atom is -0.376 e. The lowest BCUT2D eigenvalue weighted by molar-refractivity contribution is -0.384. The van der Waals surface area contributed by atoms with Gasteiger partial charge in [-0.25, -0.2) is 4.98 Å². The van der Waals surface area contributed by atoms with Crippen molar-refractivity contribution in [1.29, 1.82) is 5.26 Å². The predicted molar refractivity (Wildman–Crippen MR) is 73.5 cm³/mol. The molecule has 1 aliphatic heterocycles. The van der Waals surface area contributed by atoms with Crippen molar-refractivity contribution in [2.24, 2.45) is 11.7 Å². The molecule has 4 unspecified atom stereocenters. The second-order valence-electron chi connectivity index (χ2n) is 5.35. The van der Waals surface area contributed by atoms with Crippen molar-refractivity contribution in [3.8, 4) is 6.07 Å². The molecule has 1 aromatic heterocycles. The van der Waals surface area contributed by atoms with Crippen molar-refractivity contribution in [2.75, 3.05) is 11.9 Å². The molecule has 1 aliphatic carbocycles. The maximum atomic E-state index is 11.1. The van der Waals surface area contributed by atoms with E-state index in [1.165, 1.54) is 12.3 Å². The van der Waals surface area contributed by atoms with Gasteiger partial charge in [0, 0.05) is 30.8 Å². The lowest BCUT2D eigenvalue weighted by Crippen LogP contribution is -2.69. The lowest BCUT2D eigenvalue weighted by Gasteiger charge is -2.52. The van der Waals surface area contributed by atoms with Crippen LogP contribution < -0.4 is 11.1 Å². The monoisotopic (exact) mass is 289 g/mol. The predicted octanol–water partition coefficient (Wildman–Crippen LogP) is 0.778. The van der Waals surface area contributed by atoms with Crippen LogP contribution in [0.25, 0.3) is 0 Å². The number of fused-ring (bicyclic) bond motifs is 1. The van der Waals surface area contributed by atoms with Crippen LogP contribution in [-0.2, 0) is 4.74 Å². The van der Waals surface area contributed by atoms with Crippen molar-refractivity contribution in [2.45, 2.75) is 31.0 Å². The van der Waals surface area contributed by atoms with Crippen molar-refractivity contribution in [3.05, 3.63) is 27.9 Å². The first kappa shape index (κ1) is 13.7. The molecule has 21 heavy (non-hydrogen) atoms. The van der Waals surface area contributed by atoms with Gasteiger partial charge in [0.25, 0.3) is 0 Å². The Labute approximate surface area is 121 Å². The minimum atomic E-state index is -0.556. The quantitative estimate of drug-likeness (QED) is 0.621. The Bertz CT molecular complexity index is 614. The highest BCUT2D eigenvalue weighted by Crippen LogP contribution is 2.39. The maximum Gasteiger partial charge on any atom is 0.312 e. The average molecular weight is 289 g/mol. The lowest BCUT2D eigenvalue weighted by atomic mass is 9.68. The van der Waals surface area contributed by atoms with Gasteiger partial charge in [-0.1, -0.05) is 0 Å². The van der Waals surface area contributed by atoms with Gasteiger partial charge in [0.15, 0.2) is 0 Å². The summed E-state index contributed by atoms with van der Waals surface area (Å²) in [5.41, 5.74) is 6.04. The summed E-state index contributed by atoms with van der Waals surface area (Å²) in [4.78, 5) is 14.5. The third kappa shape index (κ3) is 2.30. The third-order valence-electron chi connectivity index (χ3n) is 4.17. The molecule has 8 heteroatoms. The molecular weight excluding hydrogens is 274 g/mol. The molecule has 2 fully saturated rings. The van der Waals surface area contributed by atoms with E-state index in [-0.39, 0.29) is 35.3 Å². The summed E-state index contributed by atoms with van der Waals surface area (Å²) < 4.78 is 5.68. The standard InChI is InChI=1S/C13H15N5O3/c14-5-7-4-9(18(19)20)13(16-6-7)17-11-10(15)8-2-1-3-21-12(8)11/h4,6,8,10-12H,1-3,15H2,(H,16,17). The zero-order valence-corrected chi connectivity index (χ0v) is 11.2. The molecule has 0 bridgehead atoms. The van der Waals surface area contributed by atoms with Crippen LogP contribution in [0.5, 0.6) is 0 Å². The van der Waals surface area contributed by atoms with Crippen molar-refractivity contribution in [3.63, 3.8) is 0 Å². The van der Waals surface area contributed by atoms with Gasteiger partial charge in [-0.3, -0.25) is 10.1 Å². The van der Waals surface area contributed by atoms with E-state index < -0.39 is 4.92 Å². The number of nitrogens with zero attached hydrogens (tertiary/aromatic N) is 3. The number of anilines is 1. The fourth-order valence-electron chi connectivity index (χ4n) is 3.05. The highest BCUT2D eigenvalue weighted by molar-refractivity contribution is 5.59. The van der Waals surface area contributed by atoms with Crippen LogP contribution in [0.3, 0.4) is 0 Å². The molecule has 1 aromatic rings. The molecular formula is C13H15N5O3. The van der Waals surface area contributed by atoms with E-state index in [0.29, 0.717) is 12.5 Å². The molecule has 2 aliphatic rings. The zero-order valence-electron chi connectivity index (χ0n) is 11.2. The van der Waals surface area contributed by atoms with Crippen LogP contribution in [0.15, 0.2) is 12.3 Å². The number of nitrogens with two attached hydrogens (primary N) is 1. The van der Waals surface area contributed by atoms with Crippen LogP contribution in [-0.4, -0.2) is 34.7 Å². The van der Waals surface area contributed by atoms with Gasteiger partial charge in [-0.05, 0) is 12.8 Å². The topological polar surface area (TPSA) is 127 Å². The molecule has 0 aromatic carbocycles. The van der Waals surface area contributed by atoms with Gasteiger partial charge in [-0.2, -0.15) is 5.26 Å². The zero-order chi connectivity index (χ0) is 15.0. The molecule has 1 saturated carbocycles. The first-order chi connectivity index (χ1) is 10.1. The van der Waals surface area contributed by atoms with E-state index >= 15 is 0 Å². The van der Waals surface area contributed by atoms with Gasteiger partial charge in [-0.15, -0.1) is 0 Å². The maximum absolute atomic E-state index is 11.1. The van der Waals surface area contributed by atoms with Gasteiger partial charge >= 0.3 is 5.69 Å². The van der Waals surface area contributed by atoms with Crippen molar-refractivity contribution in [1.82, 2.24) is 4.98 Å². The Morgan fingerprint density at radius 2 is 2.43 bits per heavy atom. The van der Waals surface area contributed by atoms with Crippen LogP contribution in [0.1, 0.15) is 18.4 Å². The van der Waals surface area contributed by atoms with Crippen LogP contribution in [0.2, 0.25) is 0 Å². The summed E-state index contributed by atoms with van der Waals surface area (Å²) in [5.74, 6) is 0.431. The fraction of sp³-hybridized carbons (Fsp3) is 0.538. The van der Waals surface area contributed by atoms with Gasteiger partial charge < -0.3 is 15.8 Å². The molecule has 0 radical (unpaired) electrons. The number of hydrogen-bond acceptors (Lipinski definition) is 7. The Balaban J connectivity index is 1.82. The van der Waals surface area contributed by atoms with E-state index in [9.17, 15) is 10.1 Å². The third-order valence-corrected chi connectivity index (χ3v) is 4.17. The molecule has 3 rings (SSSR count). The number of nitriles is 1. The van der Waals surface area contributed by atoms with Gasteiger partial charge in [0.1, 0.15) is 6.07 Å². The summed E-state index contributed by atoms with van der Waals surface area (Å²) in [7, 11) is 0. The Morgan fingerprint density at radius 3 is 3.14 bits per heavy atom. The molecule has 1 saturated heterocycles. The molecule has 3 N–H and O–H groups in total. The SMILES string of the molecule is N#Cc1cnc(NC2C(N)C3CCCOC32)c([N+](=O)[O-])c1. The van der Waals surface area contributed by atoms with E-state index in [1.807, 2.05) is 6.07 Å². The van der Waals surface area contributed by atoms with Gasteiger partial charge in [0.05, 0.1) is 22.6 Å². The fourth-order valence-corrected chi connectivity index (χ4v) is 3.05. The summed E-state index contributed by atoms with van der Waals surface area (Å²) >= 11 is 0. The summed E-state index contributed by atoms with van der Waals surface area (Å²) in [6, 6.07) is 2.76. The number of rotatable bonds is 3. The van der Waals surface area contributed by atoms with Crippen LogP contribution in [0, 0.1) is 27.4 Å². The summed E-state index contributed by atoms with van der Waals surface area (Å²) in [5, 5.41) is 22.9. The summed E-state index contributed by atoms with van der Waals surface area (Å²) in [6.07, 6.45) is 3.30. The average Bonchev–Trinajstić information content (AvgIpc) is 2.52. The highest BCUT2D eigenvalue weighted by atomic mass is 16.6. The Kier molecular flexibility index (Phi) is 3.45. The normalized spacial score (nSPS) is 30.7. The number of aromatic nitrogens is 1. The number of hydrogen-bond donors (Lipinski definition) is 2. The molecule has 2 heterocycles. The highest BCUT2D eigenvalue weighted by Gasteiger charge is 2.51. The smallest absolute Gasteiger partial charge is 0.312 e. The molecule has 8 nitrogen and oxygen atoms in total. The first-order valence-corrected chi connectivity index (χ1v) is 6.80. The Hall–Kier alpha value is -2.24. The second-order valence-corrected chi connectivity index (χ2v) is 5.35. The largest absolute Gasteiger partial charge is 0.376 e. The van der Waals surface area contributed by atoms with Crippen LogP contribution >= 0.6 is 0 Å². The Morgan fingerprint density at radius 1 is 1.62 bits per heavy atom. The van der Waals surface area contributed by atoms with E-state index in [2.05, 4.69) is 10.3 Å². The minimum absolute atomic E-state index is 0.0224. The number of ether oxygens (including phenoxy) is 1. The molecule has 0 spiro atoms. The molecule has 110 valence electrons. The van der Waals surface area contributed by atoms with Crippen LogP contribution in [0.4, 0.5) is 11.5 Å². The molecule has 0 amide bonds. The van der Waals surface area contributed by atoms with Gasteiger partial charge in [0.2, 0.25) is 5.82 Å². The number of nitrogens with one attached hydrogen (secondary N) is 1. The van der Waals surface area contributed by atoms with E-state index in [4.69, 9.17) is 15.7 Å². The van der Waals surface area contributed by atoms with E-state index in [1.54, 1.807) is 0 Å². The van der Waals surface area contributed by atoms with E-state index in [0.717, 1.165) is 12.8 Å². The number of nitro groups is 1. The van der Waals surface area contributed by atoms with Crippen molar-refractivity contribution < 1.29 is 9.66 Å². The number of pyridine rings is 1. The first-order valence-electron chi connectivity index (χ1n) is 6.80. The summed E-state index contributed by atoms with van der Waals surface area (Å²) in [6.45, 7) is 0.689. The molecule has 4 atom stereocenters. The second kappa shape index (κ2) is 5.27. The van der Waals surface area contributed by atoms with Crippen molar-refractivity contribution >= 4 is 11.5 Å².